The lowest BCUT2D eigenvalue weighted by Gasteiger charge is -2.05. The first-order valence-electron chi connectivity index (χ1n) is 9.67. The summed E-state index contributed by atoms with van der Waals surface area (Å²) in [5.74, 6) is -0.398. The highest BCUT2D eigenvalue weighted by Gasteiger charge is 2.20. The lowest BCUT2D eigenvalue weighted by atomic mass is 10.1. The molecule has 0 saturated heterocycles. The SMILES string of the molecule is Br.CCCCc1nc(NC(=O)c2cccc([N+](=O)[O-])c2C)sc1Cc1ccc(Cl)cc1. The Bertz CT molecular complexity index is 1070. The van der Waals surface area contributed by atoms with Gasteiger partial charge in [-0.05, 0) is 43.5 Å². The number of rotatable bonds is 8. The summed E-state index contributed by atoms with van der Waals surface area (Å²) in [4.78, 5) is 29.2. The monoisotopic (exact) mass is 523 g/mol. The summed E-state index contributed by atoms with van der Waals surface area (Å²) < 4.78 is 0. The molecule has 1 amide bonds. The van der Waals surface area contributed by atoms with Gasteiger partial charge in [0.1, 0.15) is 0 Å². The number of thiazole rings is 1. The number of nitro groups is 1. The Morgan fingerprint density at radius 2 is 1.94 bits per heavy atom. The van der Waals surface area contributed by atoms with E-state index in [1.165, 1.54) is 23.5 Å². The van der Waals surface area contributed by atoms with E-state index in [9.17, 15) is 14.9 Å². The largest absolute Gasteiger partial charge is 0.298 e. The summed E-state index contributed by atoms with van der Waals surface area (Å²) in [6.45, 7) is 3.70. The maximum Gasteiger partial charge on any atom is 0.273 e. The minimum Gasteiger partial charge on any atom is -0.298 e. The number of hydrogen-bond donors (Lipinski definition) is 1. The van der Waals surface area contributed by atoms with Crippen LogP contribution in [0.15, 0.2) is 42.5 Å². The molecule has 1 N–H and O–H groups in total. The number of nitrogens with one attached hydrogen (secondary N) is 1. The summed E-state index contributed by atoms with van der Waals surface area (Å²) in [5, 5.41) is 15.2. The van der Waals surface area contributed by atoms with Crippen LogP contribution in [0, 0.1) is 17.0 Å². The summed E-state index contributed by atoms with van der Waals surface area (Å²) in [6.07, 6.45) is 3.60. The molecule has 6 nitrogen and oxygen atoms in total. The summed E-state index contributed by atoms with van der Waals surface area (Å²) in [7, 11) is 0. The highest BCUT2D eigenvalue weighted by atomic mass is 79.9. The number of halogens is 2. The normalized spacial score (nSPS) is 10.4. The van der Waals surface area contributed by atoms with Gasteiger partial charge in [0.15, 0.2) is 5.13 Å². The maximum absolute atomic E-state index is 12.8. The van der Waals surface area contributed by atoms with Crippen LogP contribution >= 0.6 is 39.9 Å². The van der Waals surface area contributed by atoms with Gasteiger partial charge in [0, 0.05) is 33.5 Å². The molecule has 0 fully saturated rings. The molecule has 0 aliphatic heterocycles. The number of anilines is 1. The van der Waals surface area contributed by atoms with Gasteiger partial charge in [-0.15, -0.1) is 28.3 Å². The Hall–Kier alpha value is -2.29. The van der Waals surface area contributed by atoms with Crippen LogP contribution in [0.4, 0.5) is 10.8 Å². The molecule has 164 valence electrons. The maximum atomic E-state index is 12.8. The lowest BCUT2D eigenvalue weighted by molar-refractivity contribution is -0.385. The van der Waals surface area contributed by atoms with Gasteiger partial charge in [-0.2, -0.15) is 0 Å². The van der Waals surface area contributed by atoms with E-state index in [0.29, 0.717) is 22.1 Å². The van der Waals surface area contributed by atoms with Crippen molar-refractivity contribution in [2.24, 2.45) is 0 Å². The first-order valence-corrected chi connectivity index (χ1v) is 10.9. The fourth-order valence-electron chi connectivity index (χ4n) is 3.13. The molecule has 0 aliphatic carbocycles. The second-order valence-electron chi connectivity index (χ2n) is 6.96. The molecule has 9 heteroatoms. The Labute approximate surface area is 200 Å². The molecule has 0 atom stereocenters. The van der Waals surface area contributed by atoms with Gasteiger partial charge in [-0.1, -0.05) is 43.1 Å². The predicted molar refractivity (Wildman–Crippen MR) is 131 cm³/mol. The average molecular weight is 525 g/mol. The highest BCUT2D eigenvalue weighted by molar-refractivity contribution is 8.93. The van der Waals surface area contributed by atoms with E-state index in [1.807, 2.05) is 24.3 Å². The van der Waals surface area contributed by atoms with Gasteiger partial charge in [-0.25, -0.2) is 4.98 Å². The van der Waals surface area contributed by atoms with Crippen LogP contribution in [-0.4, -0.2) is 15.8 Å². The molecule has 1 heterocycles. The fraction of sp³-hybridized carbons (Fsp3) is 0.273. The van der Waals surface area contributed by atoms with Gasteiger partial charge < -0.3 is 0 Å². The second-order valence-corrected chi connectivity index (χ2v) is 8.48. The molecule has 0 saturated carbocycles. The number of benzene rings is 2. The smallest absolute Gasteiger partial charge is 0.273 e. The molecule has 2 aromatic carbocycles. The van der Waals surface area contributed by atoms with Gasteiger partial charge in [-0.3, -0.25) is 20.2 Å². The van der Waals surface area contributed by atoms with Crippen LogP contribution in [0.5, 0.6) is 0 Å². The van der Waals surface area contributed by atoms with Crippen LogP contribution in [0.2, 0.25) is 5.02 Å². The minimum absolute atomic E-state index is 0. The number of aryl methyl sites for hydroxylation is 1. The lowest BCUT2D eigenvalue weighted by Crippen LogP contribution is -2.14. The number of hydrogen-bond acceptors (Lipinski definition) is 5. The van der Waals surface area contributed by atoms with Crippen molar-refractivity contribution in [3.63, 3.8) is 0 Å². The van der Waals surface area contributed by atoms with E-state index in [4.69, 9.17) is 11.6 Å². The van der Waals surface area contributed by atoms with Crippen molar-refractivity contribution in [1.29, 1.82) is 0 Å². The Kier molecular flexibility index (Phi) is 9.15. The van der Waals surface area contributed by atoms with Crippen molar-refractivity contribution >= 4 is 56.6 Å². The number of nitro benzene ring substituents is 1. The average Bonchev–Trinajstić information content (AvgIpc) is 3.08. The molecular formula is C22H23BrClN3O3S. The number of unbranched alkanes of at least 4 members (excludes halogenated alkanes) is 1. The standard InChI is InChI=1S/C22H22ClN3O3S.BrH/c1-3-4-7-18-20(13-15-9-11-16(23)12-10-15)30-22(24-18)25-21(27)17-6-5-8-19(14(17)2)26(28)29;/h5-6,8-12H,3-4,7,13H2,1-2H3,(H,24,25,27);1H. The van der Waals surface area contributed by atoms with Crippen molar-refractivity contribution in [2.75, 3.05) is 5.32 Å². The number of carbonyl (C=O) groups excluding carboxylic acids is 1. The van der Waals surface area contributed by atoms with Crippen molar-refractivity contribution in [2.45, 2.75) is 39.5 Å². The molecule has 0 unspecified atom stereocenters. The highest BCUT2D eigenvalue weighted by Crippen LogP contribution is 2.29. The third-order valence-electron chi connectivity index (χ3n) is 4.79. The molecule has 0 bridgehead atoms. The van der Waals surface area contributed by atoms with Crippen molar-refractivity contribution in [3.05, 3.63) is 84.9 Å². The summed E-state index contributed by atoms with van der Waals surface area (Å²) in [5.41, 5.74) is 2.63. The second kappa shape index (κ2) is 11.4. The fourth-order valence-corrected chi connectivity index (χ4v) is 4.30. The van der Waals surface area contributed by atoms with Gasteiger partial charge in [0.25, 0.3) is 11.6 Å². The zero-order valence-corrected chi connectivity index (χ0v) is 20.5. The molecule has 0 aliphatic rings. The number of aromatic nitrogens is 1. The summed E-state index contributed by atoms with van der Waals surface area (Å²) in [6, 6.07) is 12.2. The molecule has 0 radical (unpaired) electrons. The number of carbonyl (C=O) groups is 1. The van der Waals surface area contributed by atoms with Crippen LogP contribution in [0.3, 0.4) is 0 Å². The first kappa shape index (κ1) is 25.0. The van der Waals surface area contributed by atoms with Crippen molar-refractivity contribution < 1.29 is 9.72 Å². The topological polar surface area (TPSA) is 85.1 Å². The van der Waals surface area contributed by atoms with Crippen LogP contribution < -0.4 is 5.32 Å². The quantitative estimate of drug-likeness (QED) is 0.260. The van der Waals surface area contributed by atoms with E-state index < -0.39 is 10.8 Å². The van der Waals surface area contributed by atoms with Gasteiger partial charge in [0.05, 0.1) is 10.6 Å². The molecule has 3 aromatic rings. The van der Waals surface area contributed by atoms with Gasteiger partial charge >= 0.3 is 0 Å². The van der Waals surface area contributed by atoms with E-state index >= 15 is 0 Å². The third-order valence-corrected chi connectivity index (χ3v) is 6.06. The molecule has 0 spiro atoms. The molecule has 3 rings (SSSR count). The first-order chi connectivity index (χ1) is 14.4. The van der Waals surface area contributed by atoms with E-state index in [1.54, 1.807) is 13.0 Å². The van der Waals surface area contributed by atoms with E-state index in [-0.39, 0.29) is 28.2 Å². The van der Waals surface area contributed by atoms with Crippen LogP contribution in [-0.2, 0) is 12.8 Å². The number of nitrogens with zero attached hydrogens (tertiary/aromatic N) is 2. The zero-order chi connectivity index (χ0) is 21.7. The molecular weight excluding hydrogens is 502 g/mol. The van der Waals surface area contributed by atoms with Crippen LogP contribution in [0.25, 0.3) is 0 Å². The third kappa shape index (κ3) is 6.35. The van der Waals surface area contributed by atoms with E-state index in [2.05, 4.69) is 17.2 Å². The predicted octanol–water partition coefficient (Wildman–Crippen LogP) is 6.78. The van der Waals surface area contributed by atoms with Gasteiger partial charge in [0.2, 0.25) is 0 Å². The van der Waals surface area contributed by atoms with Crippen LogP contribution in [0.1, 0.15) is 51.8 Å². The van der Waals surface area contributed by atoms with Crippen molar-refractivity contribution in [3.8, 4) is 0 Å². The molecule has 1 aromatic heterocycles. The minimum atomic E-state index is -0.484. The van der Waals surface area contributed by atoms with Crippen molar-refractivity contribution in [1.82, 2.24) is 4.98 Å². The zero-order valence-electron chi connectivity index (χ0n) is 17.2. The summed E-state index contributed by atoms with van der Waals surface area (Å²) >= 11 is 7.42. The molecule has 31 heavy (non-hydrogen) atoms. The Morgan fingerprint density at radius 3 is 2.58 bits per heavy atom. The Morgan fingerprint density at radius 1 is 1.23 bits per heavy atom. The number of amides is 1. The Balaban J connectivity index is 0.00000341. The van der Waals surface area contributed by atoms with E-state index in [0.717, 1.165) is 35.4 Å².